The molecule has 0 N–H and O–H groups in total. The van der Waals surface area contributed by atoms with E-state index in [-0.39, 0.29) is 17.3 Å². The highest BCUT2D eigenvalue weighted by atomic mass is 19.1. The van der Waals surface area contributed by atoms with E-state index in [1.54, 1.807) is 16.7 Å². The van der Waals surface area contributed by atoms with Crippen molar-refractivity contribution in [3.05, 3.63) is 63.8 Å². The van der Waals surface area contributed by atoms with E-state index < -0.39 is 0 Å². The molecule has 0 amide bonds. The number of halogens is 1. The molecule has 3 heteroatoms. The largest absolute Gasteiger partial charge is 0.284 e. The Labute approximate surface area is 118 Å². The molecule has 0 radical (unpaired) electrons. The summed E-state index contributed by atoms with van der Waals surface area (Å²) in [4.78, 5) is 12.5. The van der Waals surface area contributed by atoms with Crippen LogP contribution >= 0.6 is 0 Å². The Morgan fingerprint density at radius 3 is 2.10 bits per heavy atom. The Kier molecular flexibility index (Phi) is 4.07. The maximum Gasteiger partial charge on any atom is 0.258 e. The van der Waals surface area contributed by atoms with Gasteiger partial charge in [0.05, 0.1) is 0 Å². The van der Waals surface area contributed by atoms with Crippen molar-refractivity contribution in [1.82, 2.24) is 4.57 Å². The molecule has 0 saturated heterocycles. The molecule has 0 unspecified atom stereocenters. The molecule has 0 spiro atoms. The Hall–Kier alpha value is -1.90. The zero-order valence-electron chi connectivity index (χ0n) is 12.4. The number of nitrogens with zero attached hydrogens (tertiary/aromatic N) is 1. The predicted octanol–water partition coefficient (Wildman–Crippen LogP) is 4.22. The number of benzene rings is 1. The smallest absolute Gasteiger partial charge is 0.258 e. The zero-order valence-corrected chi connectivity index (χ0v) is 12.4. The van der Waals surface area contributed by atoms with Crippen molar-refractivity contribution in [2.24, 2.45) is 0 Å². The molecule has 2 aromatic rings. The lowest BCUT2D eigenvalue weighted by atomic mass is 9.98. The average molecular weight is 273 g/mol. The summed E-state index contributed by atoms with van der Waals surface area (Å²) in [6.45, 7) is 8.21. The first-order valence-corrected chi connectivity index (χ1v) is 6.92. The molecule has 1 heterocycles. The van der Waals surface area contributed by atoms with Gasteiger partial charge in [-0.15, -0.1) is 0 Å². The third kappa shape index (κ3) is 2.82. The van der Waals surface area contributed by atoms with Gasteiger partial charge in [0.1, 0.15) is 5.82 Å². The molecule has 0 aliphatic rings. The van der Waals surface area contributed by atoms with Crippen molar-refractivity contribution >= 4 is 0 Å². The summed E-state index contributed by atoms with van der Waals surface area (Å²) in [6.07, 6.45) is 1.85. The van der Waals surface area contributed by atoms with Crippen LogP contribution in [0.1, 0.15) is 50.7 Å². The van der Waals surface area contributed by atoms with E-state index in [0.717, 1.165) is 11.1 Å². The predicted molar refractivity (Wildman–Crippen MR) is 80.2 cm³/mol. The highest BCUT2D eigenvalue weighted by molar-refractivity contribution is 5.36. The summed E-state index contributed by atoms with van der Waals surface area (Å²) in [7, 11) is 0. The Morgan fingerprint density at radius 1 is 1.00 bits per heavy atom. The van der Waals surface area contributed by atoms with E-state index in [1.807, 2.05) is 26.1 Å². The van der Waals surface area contributed by atoms with E-state index in [2.05, 4.69) is 13.8 Å². The Morgan fingerprint density at radius 2 is 1.60 bits per heavy atom. The maximum atomic E-state index is 13.0. The lowest BCUT2D eigenvalue weighted by Crippen LogP contribution is -2.23. The molecule has 0 saturated carbocycles. The van der Waals surface area contributed by atoms with Gasteiger partial charge in [-0.3, -0.25) is 9.36 Å². The van der Waals surface area contributed by atoms with Gasteiger partial charge in [-0.1, -0.05) is 27.7 Å². The van der Waals surface area contributed by atoms with Crippen LogP contribution in [0.3, 0.4) is 0 Å². The molecule has 106 valence electrons. The van der Waals surface area contributed by atoms with Crippen LogP contribution < -0.4 is 5.56 Å². The minimum absolute atomic E-state index is 0.0315. The standard InChI is InChI=1S/C17H20FNO/c1-11(2)13-9-16(12(3)4)17(20)19(10-13)15-7-5-14(18)6-8-15/h5-12H,1-4H3. The van der Waals surface area contributed by atoms with E-state index in [4.69, 9.17) is 0 Å². The van der Waals surface area contributed by atoms with Crippen LogP contribution in [0.2, 0.25) is 0 Å². The Bertz CT molecular complexity index is 654. The Balaban J connectivity index is 2.68. The number of hydrogen-bond donors (Lipinski definition) is 0. The van der Waals surface area contributed by atoms with Crippen LogP contribution in [0.15, 0.2) is 41.3 Å². The van der Waals surface area contributed by atoms with Crippen LogP contribution in [0.4, 0.5) is 4.39 Å². The zero-order chi connectivity index (χ0) is 14.9. The summed E-state index contributed by atoms with van der Waals surface area (Å²) in [5.41, 5.74) is 2.56. The SMILES string of the molecule is CC(C)c1cc(C(C)C)c(=O)n(-c2ccc(F)cc2)c1. The normalized spacial score (nSPS) is 11.3. The number of pyridine rings is 1. The summed E-state index contributed by atoms with van der Waals surface area (Å²) in [5.74, 6) is 0.193. The van der Waals surface area contributed by atoms with Gasteiger partial charge in [-0.2, -0.15) is 0 Å². The van der Waals surface area contributed by atoms with Gasteiger partial charge in [0.2, 0.25) is 0 Å². The molecule has 2 nitrogen and oxygen atoms in total. The van der Waals surface area contributed by atoms with Crippen LogP contribution in [-0.4, -0.2) is 4.57 Å². The molecule has 2 rings (SSSR count). The topological polar surface area (TPSA) is 22.0 Å². The molecule has 0 atom stereocenters. The molecular formula is C17H20FNO. The van der Waals surface area contributed by atoms with E-state index in [0.29, 0.717) is 11.6 Å². The van der Waals surface area contributed by atoms with Gasteiger partial charge in [0, 0.05) is 17.4 Å². The van der Waals surface area contributed by atoms with Gasteiger partial charge >= 0.3 is 0 Å². The van der Waals surface area contributed by atoms with Crippen LogP contribution in [-0.2, 0) is 0 Å². The van der Waals surface area contributed by atoms with E-state index in [9.17, 15) is 9.18 Å². The maximum absolute atomic E-state index is 13.0. The average Bonchev–Trinajstić information content (AvgIpc) is 2.39. The lowest BCUT2D eigenvalue weighted by Gasteiger charge is -2.15. The molecule has 1 aromatic heterocycles. The summed E-state index contributed by atoms with van der Waals surface area (Å²) >= 11 is 0. The summed E-state index contributed by atoms with van der Waals surface area (Å²) < 4.78 is 14.6. The van der Waals surface area contributed by atoms with Crippen molar-refractivity contribution in [2.75, 3.05) is 0 Å². The van der Waals surface area contributed by atoms with Crippen molar-refractivity contribution < 1.29 is 4.39 Å². The van der Waals surface area contributed by atoms with Gasteiger partial charge < -0.3 is 0 Å². The first-order valence-electron chi connectivity index (χ1n) is 6.92. The van der Waals surface area contributed by atoms with Crippen LogP contribution in [0.25, 0.3) is 5.69 Å². The van der Waals surface area contributed by atoms with Crippen LogP contribution in [0, 0.1) is 5.82 Å². The minimum atomic E-state index is -0.300. The second-order valence-electron chi connectivity index (χ2n) is 5.69. The summed E-state index contributed by atoms with van der Waals surface area (Å²) in [6, 6.07) is 7.99. The molecule has 20 heavy (non-hydrogen) atoms. The number of hydrogen-bond acceptors (Lipinski definition) is 1. The highest BCUT2D eigenvalue weighted by Gasteiger charge is 2.13. The molecule has 0 aliphatic heterocycles. The fourth-order valence-corrected chi connectivity index (χ4v) is 2.15. The van der Waals surface area contributed by atoms with Gasteiger partial charge in [-0.25, -0.2) is 4.39 Å². The third-order valence-corrected chi connectivity index (χ3v) is 3.46. The first-order chi connectivity index (χ1) is 9.40. The first kappa shape index (κ1) is 14.5. The van der Waals surface area contributed by atoms with Gasteiger partial charge in [0.25, 0.3) is 5.56 Å². The van der Waals surface area contributed by atoms with Gasteiger partial charge in [0.15, 0.2) is 0 Å². The molecular weight excluding hydrogens is 253 g/mol. The monoisotopic (exact) mass is 273 g/mol. The molecule has 0 fully saturated rings. The van der Waals surface area contributed by atoms with E-state index in [1.165, 1.54) is 12.1 Å². The lowest BCUT2D eigenvalue weighted by molar-refractivity contribution is 0.627. The fourth-order valence-electron chi connectivity index (χ4n) is 2.15. The minimum Gasteiger partial charge on any atom is -0.284 e. The van der Waals surface area contributed by atoms with Crippen molar-refractivity contribution in [3.8, 4) is 5.69 Å². The van der Waals surface area contributed by atoms with E-state index >= 15 is 0 Å². The second kappa shape index (κ2) is 5.61. The van der Waals surface area contributed by atoms with Crippen molar-refractivity contribution in [1.29, 1.82) is 0 Å². The van der Waals surface area contributed by atoms with Gasteiger partial charge in [-0.05, 0) is 47.7 Å². The fraction of sp³-hybridized carbons (Fsp3) is 0.353. The summed E-state index contributed by atoms with van der Waals surface area (Å²) in [5, 5.41) is 0. The molecule has 0 bridgehead atoms. The molecule has 0 aliphatic carbocycles. The molecule has 1 aromatic carbocycles. The van der Waals surface area contributed by atoms with Crippen LogP contribution in [0.5, 0.6) is 0 Å². The number of aromatic nitrogens is 1. The third-order valence-electron chi connectivity index (χ3n) is 3.46. The number of rotatable bonds is 3. The highest BCUT2D eigenvalue weighted by Crippen LogP contribution is 2.20. The quantitative estimate of drug-likeness (QED) is 0.820. The van der Waals surface area contributed by atoms with Crippen molar-refractivity contribution in [2.45, 2.75) is 39.5 Å². The van der Waals surface area contributed by atoms with Crippen molar-refractivity contribution in [3.63, 3.8) is 0 Å². The second-order valence-corrected chi connectivity index (χ2v) is 5.69.